The van der Waals surface area contributed by atoms with Gasteiger partial charge in [0.05, 0.1) is 6.10 Å². The number of anilines is 1. The van der Waals surface area contributed by atoms with Gasteiger partial charge in [0, 0.05) is 37.5 Å². The first-order valence-corrected chi connectivity index (χ1v) is 12.7. The zero-order chi connectivity index (χ0) is 23.5. The highest BCUT2D eigenvalue weighted by Crippen LogP contribution is 2.45. The fourth-order valence-electron chi connectivity index (χ4n) is 5.35. The third-order valence-corrected chi connectivity index (χ3v) is 7.29. The number of nitrogens with zero attached hydrogens (tertiary/aromatic N) is 2. The van der Waals surface area contributed by atoms with Crippen LogP contribution in [0.5, 0.6) is 0 Å². The maximum absolute atomic E-state index is 14.8. The first-order valence-electron chi connectivity index (χ1n) is 12.7. The molecule has 2 fully saturated rings. The van der Waals surface area contributed by atoms with Gasteiger partial charge in [0.25, 0.3) is 0 Å². The van der Waals surface area contributed by atoms with Crippen molar-refractivity contribution < 1.29 is 19.0 Å². The van der Waals surface area contributed by atoms with Crippen LogP contribution in [0.15, 0.2) is 30.3 Å². The number of unbranched alkanes of at least 4 members (excludes halogenated alkanes) is 1. The van der Waals surface area contributed by atoms with Gasteiger partial charge in [-0.15, -0.1) is 0 Å². The number of carboxylic acid groups (broad SMARTS) is 1. The maximum Gasteiger partial charge on any atom is 0.325 e. The van der Waals surface area contributed by atoms with Gasteiger partial charge >= 0.3 is 5.97 Å². The third kappa shape index (κ3) is 5.26. The summed E-state index contributed by atoms with van der Waals surface area (Å²) >= 11 is 0. The molecule has 7 heteroatoms. The van der Waals surface area contributed by atoms with Gasteiger partial charge in [-0.25, -0.2) is 9.37 Å². The van der Waals surface area contributed by atoms with Crippen LogP contribution >= 0.6 is 0 Å². The summed E-state index contributed by atoms with van der Waals surface area (Å²) in [7, 11) is 0. The molecule has 2 unspecified atom stereocenters. The number of aryl methyl sites for hydroxylation is 2. The number of aliphatic carboxylic acids is 1. The molecule has 3 heterocycles. The summed E-state index contributed by atoms with van der Waals surface area (Å²) in [6.45, 7) is 2.77. The van der Waals surface area contributed by atoms with Crippen molar-refractivity contribution in [1.82, 2.24) is 9.88 Å². The van der Waals surface area contributed by atoms with Gasteiger partial charge in [0.15, 0.2) is 0 Å². The smallest absolute Gasteiger partial charge is 0.325 e. The summed E-state index contributed by atoms with van der Waals surface area (Å²) in [6, 6.07) is 8.34. The van der Waals surface area contributed by atoms with Crippen LogP contribution < -0.4 is 5.32 Å². The molecule has 1 aromatic heterocycles. The van der Waals surface area contributed by atoms with E-state index in [1.807, 2.05) is 11.0 Å². The van der Waals surface area contributed by atoms with Crippen LogP contribution in [0.1, 0.15) is 72.9 Å². The standard InChI is InChI=1S/C27H34FN3O3/c28-23-8-3-7-22(18-9-10-18)24(23)25(27(32)33)31-15-13-21(17-31)34-16-2-1-6-20-12-11-19-5-4-14-29-26(19)30-20/h3,7-8,11-12,18,21,25H,1-2,4-6,9-10,13-17H2,(H,29,30)(H,32,33). The number of carbonyl (C=O) groups is 1. The Morgan fingerprint density at radius 1 is 1.24 bits per heavy atom. The summed E-state index contributed by atoms with van der Waals surface area (Å²) in [5, 5.41) is 13.4. The van der Waals surface area contributed by atoms with Crippen molar-refractivity contribution in [3.63, 3.8) is 0 Å². The average Bonchev–Trinajstić information content (AvgIpc) is 3.58. The molecule has 2 atom stereocenters. The highest BCUT2D eigenvalue weighted by atomic mass is 19.1. The number of benzene rings is 1. The van der Waals surface area contributed by atoms with Gasteiger partial charge < -0.3 is 15.2 Å². The molecule has 6 nitrogen and oxygen atoms in total. The molecular weight excluding hydrogens is 433 g/mol. The average molecular weight is 468 g/mol. The number of halogens is 1. The van der Waals surface area contributed by atoms with E-state index in [0.29, 0.717) is 31.2 Å². The number of pyridine rings is 1. The van der Waals surface area contributed by atoms with Crippen molar-refractivity contribution in [2.24, 2.45) is 0 Å². The molecule has 2 aromatic rings. The summed E-state index contributed by atoms with van der Waals surface area (Å²) in [6.07, 6.45) is 7.90. The zero-order valence-electron chi connectivity index (χ0n) is 19.6. The quantitative estimate of drug-likeness (QED) is 0.494. The van der Waals surface area contributed by atoms with Crippen molar-refractivity contribution in [1.29, 1.82) is 0 Å². The lowest BCUT2D eigenvalue weighted by Crippen LogP contribution is -2.34. The molecule has 0 amide bonds. The van der Waals surface area contributed by atoms with Crippen molar-refractivity contribution >= 4 is 11.8 Å². The van der Waals surface area contributed by atoms with Crippen molar-refractivity contribution in [2.75, 3.05) is 31.6 Å². The van der Waals surface area contributed by atoms with E-state index in [9.17, 15) is 14.3 Å². The number of nitrogens with one attached hydrogen (secondary N) is 1. The van der Waals surface area contributed by atoms with Crippen LogP contribution in [0.4, 0.5) is 10.2 Å². The number of carboxylic acids is 1. The third-order valence-electron chi connectivity index (χ3n) is 7.29. The Morgan fingerprint density at radius 3 is 2.94 bits per heavy atom. The normalized spacial score (nSPS) is 21.1. The lowest BCUT2D eigenvalue weighted by atomic mass is 9.95. The number of fused-ring (bicyclic) bond motifs is 1. The molecule has 3 aliphatic rings. The van der Waals surface area contributed by atoms with Crippen LogP contribution in [-0.2, 0) is 22.4 Å². The van der Waals surface area contributed by atoms with E-state index in [2.05, 4.69) is 17.4 Å². The largest absolute Gasteiger partial charge is 0.480 e. The van der Waals surface area contributed by atoms with E-state index >= 15 is 0 Å². The predicted octanol–water partition coefficient (Wildman–Crippen LogP) is 4.70. The van der Waals surface area contributed by atoms with Crippen LogP contribution in [-0.4, -0.2) is 53.3 Å². The van der Waals surface area contributed by atoms with Gasteiger partial charge in [0.1, 0.15) is 17.7 Å². The summed E-state index contributed by atoms with van der Waals surface area (Å²) in [5.74, 6) is -0.0619. The molecule has 2 N–H and O–H groups in total. The number of aromatic nitrogens is 1. The van der Waals surface area contributed by atoms with E-state index in [4.69, 9.17) is 9.72 Å². The van der Waals surface area contributed by atoms with Gasteiger partial charge in [-0.2, -0.15) is 0 Å². The number of ether oxygens (including phenoxy) is 1. The van der Waals surface area contributed by atoms with E-state index in [1.54, 1.807) is 6.07 Å². The molecule has 1 saturated carbocycles. The fourth-order valence-corrected chi connectivity index (χ4v) is 5.35. The second-order valence-electron chi connectivity index (χ2n) is 9.83. The number of hydrogen-bond donors (Lipinski definition) is 2. The number of rotatable bonds is 10. The van der Waals surface area contributed by atoms with Crippen molar-refractivity contribution in [3.05, 3.63) is 58.5 Å². The van der Waals surface area contributed by atoms with Crippen LogP contribution in [0.3, 0.4) is 0 Å². The molecule has 34 heavy (non-hydrogen) atoms. The second-order valence-corrected chi connectivity index (χ2v) is 9.83. The SMILES string of the molecule is O=C(O)C(c1c(F)cccc1C1CC1)N1CCC(OCCCCc2ccc3c(n2)NCCC3)C1. The van der Waals surface area contributed by atoms with Gasteiger partial charge in [-0.3, -0.25) is 9.69 Å². The summed E-state index contributed by atoms with van der Waals surface area (Å²) in [4.78, 5) is 18.8. The Balaban J connectivity index is 1.11. The first kappa shape index (κ1) is 23.2. The van der Waals surface area contributed by atoms with Gasteiger partial charge in [0.2, 0.25) is 0 Å². The number of hydrogen-bond acceptors (Lipinski definition) is 5. The van der Waals surface area contributed by atoms with Crippen LogP contribution in [0.25, 0.3) is 0 Å². The van der Waals surface area contributed by atoms with E-state index < -0.39 is 17.8 Å². The van der Waals surface area contributed by atoms with Crippen LogP contribution in [0, 0.1) is 5.82 Å². The summed E-state index contributed by atoms with van der Waals surface area (Å²) in [5.41, 5.74) is 3.64. The van der Waals surface area contributed by atoms with Gasteiger partial charge in [-0.1, -0.05) is 18.2 Å². The Morgan fingerprint density at radius 2 is 2.12 bits per heavy atom. The Hall–Kier alpha value is -2.51. The molecule has 1 aliphatic carbocycles. The lowest BCUT2D eigenvalue weighted by Gasteiger charge is -2.27. The molecule has 0 radical (unpaired) electrons. The molecule has 0 bridgehead atoms. The Bertz CT molecular complexity index is 1030. The molecule has 1 aromatic carbocycles. The number of likely N-dealkylation sites (tertiary alicyclic amines) is 1. The highest BCUT2D eigenvalue weighted by molar-refractivity contribution is 5.76. The Labute approximate surface area is 200 Å². The highest BCUT2D eigenvalue weighted by Gasteiger charge is 2.39. The van der Waals surface area contributed by atoms with Crippen LogP contribution in [0.2, 0.25) is 0 Å². The van der Waals surface area contributed by atoms with E-state index in [-0.39, 0.29) is 6.10 Å². The minimum absolute atomic E-state index is 0.0101. The fraction of sp³-hybridized carbons (Fsp3) is 0.556. The minimum atomic E-state index is -0.986. The minimum Gasteiger partial charge on any atom is -0.480 e. The molecular formula is C27H34FN3O3. The Kier molecular flexibility index (Phi) is 7.11. The first-order chi connectivity index (χ1) is 16.6. The lowest BCUT2D eigenvalue weighted by molar-refractivity contribution is -0.143. The second kappa shape index (κ2) is 10.4. The van der Waals surface area contributed by atoms with E-state index in [0.717, 1.165) is 68.6 Å². The van der Waals surface area contributed by atoms with Gasteiger partial charge in [-0.05, 0) is 80.5 Å². The predicted molar refractivity (Wildman–Crippen MR) is 129 cm³/mol. The van der Waals surface area contributed by atoms with Crippen molar-refractivity contribution in [3.8, 4) is 0 Å². The molecule has 1 saturated heterocycles. The maximum atomic E-state index is 14.8. The summed E-state index contributed by atoms with van der Waals surface area (Å²) < 4.78 is 20.9. The van der Waals surface area contributed by atoms with E-state index in [1.165, 1.54) is 18.1 Å². The molecule has 182 valence electrons. The monoisotopic (exact) mass is 467 g/mol. The molecule has 5 rings (SSSR count). The molecule has 2 aliphatic heterocycles. The zero-order valence-corrected chi connectivity index (χ0v) is 19.6. The topological polar surface area (TPSA) is 74.7 Å². The van der Waals surface area contributed by atoms with Crippen molar-refractivity contribution in [2.45, 2.75) is 69.4 Å². The molecule has 0 spiro atoms.